The molecule has 0 unspecified atom stereocenters. The van der Waals surface area contributed by atoms with E-state index in [4.69, 9.17) is 77.2 Å². The number of hydrogen-bond acceptors (Lipinski definition) is 28. The van der Waals surface area contributed by atoms with Crippen LogP contribution >= 0.6 is 11.6 Å². The van der Waals surface area contributed by atoms with Crippen LogP contribution in [0, 0.1) is 0 Å². The molecule has 0 aromatic rings. The summed E-state index contributed by atoms with van der Waals surface area (Å²) in [5.74, 6) is -0.784. The van der Waals surface area contributed by atoms with Crippen LogP contribution in [-0.2, 0) is 71.6 Å². The summed E-state index contributed by atoms with van der Waals surface area (Å²) in [7, 11) is 8.18. The molecular formula is C60H118ClN28NaO15. The first kappa shape index (κ1) is 111. The minimum absolute atomic E-state index is 0. The van der Waals surface area contributed by atoms with Gasteiger partial charge < -0.3 is 108 Å². The van der Waals surface area contributed by atoms with Crippen molar-refractivity contribution in [1.82, 2.24) is 45.8 Å². The number of azide groups is 4. The molecule has 0 aliphatic carbocycles. The van der Waals surface area contributed by atoms with Gasteiger partial charge in [0, 0.05) is 202 Å². The first-order valence-corrected chi connectivity index (χ1v) is 34.3. The van der Waals surface area contributed by atoms with E-state index in [2.05, 4.69) is 86.9 Å². The molecule has 0 radical (unpaired) electrons. The van der Waals surface area contributed by atoms with Crippen molar-refractivity contribution in [2.75, 3.05) is 225 Å². The molecule has 0 atom stereocenters. The molecule has 0 aliphatic rings. The Morgan fingerprint density at radius 3 is 0.781 bits per heavy atom. The molecule has 0 aromatic heterocycles. The molecule has 0 aromatic carbocycles. The fourth-order valence-electron chi connectivity index (χ4n) is 7.85. The smallest absolute Gasteiger partial charge is 0.502 e. The number of carbonyl (C=O) groups is 9. The van der Waals surface area contributed by atoms with Crippen molar-refractivity contribution in [2.45, 2.75) is 96.3 Å². The van der Waals surface area contributed by atoms with Crippen LogP contribution in [0.15, 0.2) is 32.8 Å². The van der Waals surface area contributed by atoms with E-state index in [1.54, 1.807) is 7.11 Å². The molecule has 0 spiro atoms. The van der Waals surface area contributed by atoms with E-state index in [9.17, 15) is 43.2 Å². The Kier molecular flexibility index (Phi) is 93.4. The summed E-state index contributed by atoms with van der Waals surface area (Å²) >= 11 is 5.22. The molecule has 45 heteroatoms. The summed E-state index contributed by atoms with van der Waals surface area (Å²) in [4.78, 5) is 127. The van der Waals surface area contributed by atoms with Crippen LogP contribution in [0.25, 0.3) is 57.7 Å². The summed E-state index contributed by atoms with van der Waals surface area (Å²) in [5.41, 5.74) is 67.0. The monoisotopic (exact) mass is 1530 g/mol. The fourth-order valence-corrected chi connectivity index (χ4v) is 8.01. The Hall–Kier alpha value is -7.75. The number of alkyl halides is 1. The summed E-state index contributed by atoms with van der Waals surface area (Å²) in [6.07, 6.45) is 6.37. The first-order chi connectivity index (χ1) is 50.1. The second-order valence-corrected chi connectivity index (χ2v) is 21.6. The van der Waals surface area contributed by atoms with Gasteiger partial charge in [0.05, 0.1) is 80.5 Å². The average Bonchev–Trinajstić information content (AvgIpc) is 1.71. The third-order valence-corrected chi connectivity index (χ3v) is 13.9. The second kappa shape index (κ2) is 88.6. The van der Waals surface area contributed by atoms with Crippen LogP contribution in [-0.4, -0.2) is 303 Å². The topological polar surface area (TPSA) is 631 Å². The van der Waals surface area contributed by atoms with Crippen molar-refractivity contribution < 1.29 is 101 Å². The van der Waals surface area contributed by atoms with E-state index < -0.39 is 0 Å². The maximum absolute atomic E-state index is 12.6. The Bertz CT molecular complexity index is 2360. The van der Waals surface area contributed by atoms with E-state index in [-0.39, 0.29) is 128 Å². The van der Waals surface area contributed by atoms with Crippen LogP contribution in [0.5, 0.6) is 0 Å². The Labute approximate surface area is 643 Å². The minimum Gasteiger partial charge on any atom is -0.502 e. The summed E-state index contributed by atoms with van der Waals surface area (Å²) < 4.78 is 28.4. The van der Waals surface area contributed by atoms with Crippen LogP contribution in [0.1, 0.15) is 96.3 Å². The normalized spacial score (nSPS) is 9.79. The molecule has 0 bridgehead atoms. The number of methoxy groups -OCH3 is 6. The Balaban J connectivity index is -0.000000273. The van der Waals surface area contributed by atoms with Gasteiger partial charge in [-0.05, 0) is 87.0 Å². The van der Waals surface area contributed by atoms with Crippen molar-refractivity contribution in [1.29, 1.82) is 0 Å². The van der Waals surface area contributed by atoms with Crippen molar-refractivity contribution in [3.63, 3.8) is 0 Å². The van der Waals surface area contributed by atoms with E-state index in [0.717, 1.165) is 12.8 Å². The molecule has 0 aliphatic heterocycles. The van der Waals surface area contributed by atoms with Gasteiger partial charge in [-0.1, -0.05) is 27.0 Å². The van der Waals surface area contributed by atoms with Crippen LogP contribution < -0.4 is 73.8 Å². The largest absolute Gasteiger partial charge is 1.00 e. The molecule has 12 N–H and O–H groups in total. The van der Waals surface area contributed by atoms with Crippen LogP contribution in [0.4, 0.5) is 0 Å². The number of hydrogen-bond donors (Lipinski definition) is 8. The maximum atomic E-state index is 12.6. The van der Waals surface area contributed by atoms with Crippen molar-refractivity contribution in [3.8, 4) is 0 Å². The molecule has 0 saturated heterocycles. The van der Waals surface area contributed by atoms with Gasteiger partial charge in [-0.25, -0.2) is 0 Å². The van der Waals surface area contributed by atoms with Crippen molar-refractivity contribution in [3.05, 3.63) is 70.1 Å². The quantitative estimate of drug-likeness (QED) is 0.00456. The van der Waals surface area contributed by atoms with Gasteiger partial charge in [-0.15, -0.1) is 11.6 Å². The van der Waals surface area contributed by atoms with Gasteiger partial charge in [0.15, 0.2) is 0 Å². The van der Waals surface area contributed by atoms with Gasteiger partial charge >= 0.3 is 59.4 Å². The summed E-state index contributed by atoms with van der Waals surface area (Å²) in [6.45, 7) is 16.7. The SMILES string of the molecule is C=C(CCN(CCNC(=O)CCN(CCCN=[N+]=[N-])CCC(=O)NCCN(CCC(=O)OC)CCC(=O)OC)CCC(=O)OC)OC.COC(=O)CCN(CCCN=[N+]=[N-])CCC(=O)OC.NCCCCl.[N-]=[N+]=NCCCN.[N-]=[N+]=NCCCN(CCC(=O)NCCN)CCC(=O)NCCN.[N-]=[N+]=[N-].[Na+]. The first-order valence-electron chi connectivity index (χ1n) is 33.7. The number of ether oxygens (including phenoxy) is 6. The second-order valence-electron chi connectivity index (χ2n) is 21.3. The Morgan fingerprint density at radius 2 is 0.571 bits per heavy atom. The molecule has 0 rings (SSSR count). The fraction of sp³-hybridized carbons (Fsp3) is 0.817. The summed E-state index contributed by atoms with van der Waals surface area (Å²) in [5, 5.41) is 24.9. The van der Waals surface area contributed by atoms with E-state index in [1.807, 2.05) is 24.5 Å². The standard InChI is InChI=1S/C30H54N8O9.C13H28N8O2.C11H20N4O4.C3H8ClN.C3H8N4.N3.Na/c1-25(44-2)7-17-37(20-10-28(41)45-3)23-14-32-26(39)8-18-36(16-6-13-34-35-31)19-9-27(40)33-15-24-38(21-11-29(42)46-4)22-12-30(43)47-5;14-4-7-17-12(22)2-10-21(9-1-6-19-20-16)11-3-13(23)18-8-5-15;1-18-10(16)4-8-15(7-3-6-13-14-12)9-5-11(17)19-2;4-2-1-3-5;4-2-1-3-6-7-5;1-3-2;/h1,6-24H2,2-5H3,(H,32,39)(H,33,40);1-11,14-15H2,(H,17,22)(H,18,23);3-9H2,1-2H3;1-3,5H2;1-4H2;;/q;;;;;-1;+1. The number of nitrogens with two attached hydrogens (primary N) is 4. The van der Waals surface area contributed by atoms with Gasteiger partial charge in [0.1, 0.15) is 0 Å². The number of esters is 5. The molecular weight excluding hydrogens is 1410 g/mol. The molecule has 0 heterocycles. The molecule has 596 valence electrons. The van der Waals surface area contributed by atoms with E-state index in [1.165, 1.54) is 40.5 Å². The van der Waals surface area contributed by atoms with Gasteiger partial charge in [-0.2, -0.15) is 0 Å². The number of carbonyl (C=O) groups excluding carboxylic acids is 9. The van der Waals surface area contributed by atoms with Crippen LogP contribution in [0.2, 0.25) is 0 Å². The average molecular weight is 1530 g/mol. The molecule has 0 fully saturated rings. The molecule has 4 amide bonds. The number of rotatable bonds is 58. The predicted octanol–water partition coefficient (Wildman–Crippen LogP) is -0.0317. The number of amides is 4. The zero-order valence-electron chi connectivity index (χ0n) is 62.9. The van der Waals surface area contributed by atoms with Gasteiger partial charge in [0.25, 0.3) is 0 Å². The molecule has 43 nitrogen and oxygen atoms in total. The molecule has 105 heavy (non-hydrogen) atoms. The van der Waals surface area contributed by atoms with Crippen molar-refractivity contribution in [2.24, 2.45) is 43.4 Å². The van der Waals surface area contributed by atoms with Crippen molar-refractivity contribution >= 4 is 65.1 Å². The third kappa shape index (κ3) is 88.6. The summed E-state index contributed by atoms with van der Waals surface area (Å²) in [6, 6.07) is 0. The molecule has 0 saturated carbocycles. The number of halogens is 1. The van der Waals surface area contributed by atoms with E-state index in [0.29, 0.717) is 227 Å². The maximum Gasteiger partial charge on any atom is 1.00 e. The van der Waals surface area contributed by atoms with E-state index >= 15 is 0 Å². The number of nitrogens with one attached hydrogen (secondary N) is 4. The predicted molar refractivity (Wildman–Crippen MR) is 393 cm³/mol. The third-order valence-electron chi connectivity index (χ3n) is 13.6. The number of nitrogens with zero attached hydrogens (tertiary/aromatic N) is 20. The zero-order chi connectivity index (χ0) is 79.5. The van der Waals surface area contributed by atoms with Crippen LogP contribution in [0.3, 0.4) is 0 Å². The zero-order valence-corrected chi connectivity index (χ0v) is 65.6. The van der Waals surface area contributed by atoms with Gasteiger partial charge in [-0.3, -0.25) is 48.1 Å². The minimum atomic E-state index is -0.367. The van der Waals surface area contributed by atoms with Gasteiger partial charge in [0.2, 0.25) is 23.6 Å². The Morgan fingerprint density at radius 1 is 0.343 bits per heavy atom.